The summed E-state index contributed by atoms with van der Waals surface area (Å²) >= 11 is 0. The van der Waals surface area contributed by atoms with Gasteiger partial charge in [-0.25, -0.2) is 14.6 Å². The van der Waals surface area contributed by atoms with Gasteiger partial charge in [0.25, 0.3) is 0 Å². The molecule has 1 aliphatic heterocycles. The average molecular weight is 269 g/mol. The van der Waals surface area contributed by atoms with Crippen molar-refractivity contribution >= 4 is 12.0 Å². The molecule has 0 radical (unpaired) electrons. The number of rotatable bonds is 3. The molecule has 0 spiro atoms. The normalized spacial score (nSPS) is 22.5. The van der Waals surface area contributed by atoms with Gasteiger partial charge in [-0.15, -0.1) is 0 Å². The Morgan fingerprint density at radius 3 is 2.95 bits per heavy atom. The molecule has 19 heavy (non-hydrogen) atoms. The number of urea groups is 1. The van der Waals surface area contributed by atoms with Crippen LogP contribution >= 0.6 is 0 Å². The maximum absolute atomic E-state index is 11.9. The molecule has 0 aromatic carbocycles. The largest absolute Gasteiger partial charge is 0.480 e. The van der Waals surface area contributed by atoms with E-state index in [1.807, 2.05) is 0 Å². The molecule has 1 saturated heterocycles. The number of carbonyl (C=O) groups excluding carboxylic acids is 1. The maximum atomic E-state index is 11.9. The van der Waals surface area contributed by atoms with Crippen LogP contribution < -0.4 is 5.32 Å². The molecule has 104 valence electrons. The highest BCUT2D eigenvalue weighted by molar-refractivity contribution is 5.83. The van der Waals surface area contributed by atoms with Crippen molar-refractivity contribution in [3.8, 4) is 0 Å². The first kappa shape index (κ1) is 13.3. The number of hydrogen-bond donors (Lipinski definition) is 3. The van der Waals surface area contributed by atoms with Crippen LogP contribution in [0.1, 0.15) is 18.1 Å². The van der Waals surface area contributed by atoms with Gasteiger partial charge < -0.3 is 24.8 Å². The molecule has 3 N–H and O–H groups in total. The fraction of sp³-hybridized carbons (Fsp3) is 0.545. The molecule has 2 rings (SSSR count). The summed E-state index contributed by atoms with van der Waals surface area (Å²) in [5.74, 6) is -0.152. The Labute approximate surface area is 109 Å². The number of aliphatic hydroxyl groups is 1. The second-order valence-electron chi connectivity index (χ2n) is 4.42. The number of aliphatic hydroxyl groups excluding tert-OH is 1. The van der Waals surface area contributed by atoms with Crippen LogP contribution in [0.2, 0.25) is 0 Å². The Morgan fingerprint density at radius 1 is 1.63 bits per heavy atom. The van der Waals surface area contributed by atoms with Crippen LogP contribution in [0.5, 0.6) is 0 Å². The minimum Gasteiger partial charge on any atom is -0.480 e. The molecule has 1 fully saturated rings. The predicted octanol–water partition coefficient (Wildman–Crippen LogP) is -0.288. The van der Waals surface area contributed by atoms with E-state index in [2.05, 4.69) is 10.3 Å². The lowest BCUT2D eigenvalue weighted by Crippen LogP contribution is -2.46. The highest BCUT2D eigenvalue weighted by Gasteiger charge is 2.38. The molecular formula is C11H15N3O5. The van der Waals surface area contributed by atoms with Crippen LogP contribution in [0.4, 0.5) is 4.79 Å². The van der Waals surface area contributed by atoms with Crippen molar-refractivity contribution in [3.05, 3.63) is 17.8 Å². The van der Waals surface area contributed by atoms with Gasteiger partial charge in [-0.05, 0) is 6.92 Å². The number of carboxylic acids is 1. The number of nitrogens with one attached hydrogen (secondary N) is 1. The number of hydrogen-bond acceptors (Lipinski definition) is 5. The van der Waals surface area contributed by atoms with Crippen LogP contribution in [0.25, 0.3) is 0 Å². The number of aryl methyl sites for hydroxylation is 1. The third-order valence-corrected chi connectivity index (χ3v) is 2.88. The fourth-order valence-electron chi connectivity index (χ4n) is 2.01. The van der Waals surface area contributed by atoms with Crippen molar-refractivity contribution in [3.63, 3.8) is 0 Å². The quantitative estimate of drug-likeness (QED) is 0.694. The molecule has 0 unspecified atom stereocenters. The second kappa shape index (κ2) is 5.27. The fourth-order valence-corrected chi connectivity index (χ4v) is 2.01. The Morgan fingerprint density at radius 2 is 2.37 bits per heavy atom. The summed E-state index contributed by atoms with van der Waals surface area (Å²) in [5, 5.41) is 20.9. The third-order valence-electron chi connectivity index (χ3n) is 2.88. The number of oxazole rings is 1. The second-order valence-corrected chi connectivity index (χ2v) is 4.42. The molecule has 8 nitrogen and oxygen atoms in total. The van der Waals surface area contributed by atoms with E-state index in [1.54, 1.807) is 6.92 Å². The van der Waals surface area contributed by atoms with E-state index in [1.165, 1.54) is 6.20 Å². The third kappa shape index (κ3) is 3.02. The van der Waals surface area contributed by atoms with Crippen LogP contribution in [-0.4, -0.2) is 50.8 Å². The van der Waals surface area contributed by atoms with E-state index in [0.717, 1.165) is 4.90 Å². The predicted molar refractivity (Wildman–Crippen MR) is 62.2 cm³/mol. The number of likely N-dealkylation sites (tertiary alicyclic amines) is 1. The zero-order valence-electron chi connectivity index (χ0n) is 10.4. The molecule has 2 amide bonds. The molecular weight excluding hydrogens is 254 g/mol. The number of β-amino-alcohol motifs (C(OH)–C–C–N with tert-alkyl or cyclic N) is 1. The van der Waals surface area contributed by atoms with Gasteiger partial charge in [-0.3, -0.25) is 0 Å². The Balaban J connectivity index is 1.93. The molecule has 1 aromatic rings. The Kier molecular flexibility index (Phi) is 3.70. The lowest BCUT2D eigenvalue weighted by atomic mass is 10.2. The van der Waals surface area contributed by atoms with E-state index in [0.29, 0.717) is 11.7 Å². The molecule has 1 aliphatic rings. The van der Waals surface area contributed by atoms with Gasteiger partial charge in [0, 0.05) is 13.0 Å². The van der Waals surface area contributed by atoms with Crippen molar-refractivity contribution in [1.29, 1.82) is 0 Å². The summed E-state index contributed by atoms with van der Waals surface area (Å²) in [5.41, 5.74) is 0. The average Bonchev–Trinajstić information content (AvgIpc) is 2.92. The zero-order chi connectivity index (χ0) is 14.0. The van der Waals surface area contributed by atoms with Gasteiger partial charge >= 0.3 is 12.0 Å². The Bertz CT molecular complexity index is 486. The van der Waals surface area contributed by atoms with Gasteiger partial charge in [0.2, 0.25) is 5.89 Å². The number of carbonyl (C=O) groups is 2. The number of nitrogens with zero attached hydrogens (tertiary/aromatic N) is 2. The standard InChI is InChI=1S/C11H15N3O5/c1-6-3-12-9(19-6)4-13-11(18)14-5-7(15)2-8(14)10(16)17/h3,7-8,15H,2,4-5H2,1H3,(H,13,18)(H,16,17)/t7-,8-/m0/s1. The molecule has 0 saturated carbocycles. The van der Waals surface area contributed by atoms with Crippen molar-refractivity contribution < 1.29 is 24.2 Å². The van der Waals surface area contributed by atoms with E-state index in [-0.39, 0.29) is 19.5 Å². The van der Waals surface area contributed by atoms with Crippen molar-refractivity contribution in [1.82, 2.24) is 15.2 Å². The van der Waals surface area contributed by atoms with Gasteiger partial charge in [0.1, 0.15) is 11.8 Å². The van der Waals surface area contributed by atoms with E-state index < -0.39 is 24.1 Å². The lowest BCUT2D eigenvalue weighted by molar-refractivity contribution is -0.141. The molecule has 8 heteroatoms. The highest BCUT2D eigenvalue weighted by atomic mass is 16.4. The summed E-state index contributed by atoms with van der Waals surface area (Å²) in [6.45, 7) is 1.81. The first-order valence-electron chi connectivity index (χ1n) is 5.84. The smallest absolute Gasteiger partial charge is 0.326 e. The maximum Gasteiger partial charge on any atom is 0.326 e. The molecule has 0 bridgehead atoms. The van der Waals surface area contributed by atoms with Crippen LogP contribution in [0, 0.1) is 6.92 Å². The summed E-state index contributed by atoms with van der Waals surface area (Å²) in [4.78, 5) is 27.9. The molecule has 2 heterocycles. The van der Waals surface area contributed by atoms with Gasteiger partial charge in [0.15, 0.2) is 0 Å². The zero-order valence-corrected chi connectivity index (χ0v) is 10.4. The SMILES string of the molecule is Cc1cnc(CNC(=O)N2C[C@@H](O)C[C@H]2C(=O)O)o1. The summed E-state index contributed by atoms with van der Waals surface area (Å²) in [6.07, 6.45) is 0.762. The van der Waals surface area contributed by atoms with Gasteiger partial charge in [-0.1, -0.05) is 0 Å². The summed E-state index contributed by atoms with van der Waals surface area (Å²) < 4.78 is 5.18. The van der Waals surface area contributed by atoms with Crippen LogP contribution in [0.15, 0.2) is 10.6 Å². The first-order valence-corrected chi connectivity index (χ1v) is 5.84. The van der Waals surface area contributed by atoms with Gasteiger partial charge in [0.05, 0.1) is 18.8 Å². The topological polar surface area (TPSA) is 116 Å². The van der Waals surface area contributed by atoms with Crippen molar-refractivity contribution in [2.24, 2.45) is 0 Å². The molecule has 2 atom stereocenters. The number of aromatic nitrogens is 1. The number of carboxylic acid groups (broad SMARTS) is 1. The molecule has 0 aliphatic carbocycles. The summed E-state index contributed by atoms with van der Waals surface area (Å²) in [7, 11) is 0. The van der Waals surface area contributed by atoms with Crippen LogP contribution in [-0.2, 0) is 11.3 Å². The van der Waals surface area contributed by atoms with E-state index >= 15 is 0 Å². The Hall–Kier alpha value is -2.09. The van der Waals surface area contributed by atoms with Crippen LogP contribution in [0.3, 0.4) is 0 Å². The number of amides is 2. The van der Waals surface area contributed by atoms with Crippen molar-refractivity contribution in [2.75, 3.05) is 6.54 Å². The van der Waals surface area contributed by atoms with Crippen molar-refractivity contribution in [2.45, 2.75) is 32.0 Å². The van der Waals surface area contributed by atoms with E-state index in [9.17, 15) is 14.7 Å². The lowest BCUT2D eigenvalue weighted by Gasteiger charge is -2.21. The summed E-state index contributed by atoms with van der Waals surface area (Å²) in [6, 6.07) is -1.55. The monoisotopic (exact) mass is 269 g/mol. The van der Waals surface area contributed by atoms with Gasteiger partial charge in [-0.2, -0.15) is 0 Å². The molecule has 1 aromatic heterocycles. The minimum absolute atomic E-state index is 0.00735. The number of aliphatic carboxylic acids is 1. The highest BCUT2D eigenvalue weighted by Crippen LogP contribution is 2.18. The minimum atomic E-state index is -1.13. The van der Waals surface area contributed by atoms with E-state index in [4.69, 9.17) is 9.52 Å². The first-order chi connectivity index (χ1) is 8.97.